The molecule has 0 fully saturated rings. The average molecular weight is 182 g/mol. The molecule has 0 heterocycles. The first kappa shape index (κ1) is 12.1. The summed E-state index contributed by atoms with van der Waals surface area (Å²) in [5.41, 5.74) is 0. The van der Waals surface area contributed by atoms with Gasteiger partial charge in [0.2, 0.25) is 0 Å². The van der Waals surface area contributed by atoms with E-state index in [1.54, 1.807) is 0 Å². The van der Waals surface area contributed by atoms with Crippen LogP contribution in [0.15, 0.2) is 0 Å². The largest absolute Gasteiger partial charge is 0.376 e. The van der Waals surface area contributed by atoms with Gasteiger partial charge in [-0.15, -0.1) is 0 Å². The van der Waals surface area contributed by atoms with Crippen molar-refractivity contribution >= 4 is 6.29 Å². The monoisotopic (exact) mass is 182 g/mol. The molecule has 0 saturated carbocycles. The standard InChI is InChI=1S/C10H16NO2/c1-3-4-5-6-13-9(2)10(7-11)8-12/h8-10H,2-6H2,1H3. The maximum atomic E-state index is 10.3. The van der Waals surface area contributed by atoms with Crippen molar-refractivity contribution in [2.24, 2.45) is 5.92 Å². The summed E-state index contributed by atoms with van der Waals surface area (Å²) in [5.74, 6) is -0.735. The van der Waals surface area contributed by atoms with E-state index in [1.165, 1.54) is 0 Å². The zero-order chi connectivity index (χ0) is 10.1. The number of aldehydes is 1. The van der Waals surface area contributed by atoms with Crippen LogP contribution >= 0.6 is 0 Å². The van der Waals surface area contributed by atoms with E-state index in [0.717, 1.165) is 19.3 Å². The Hall–Kier alpha value is -0.880. The van der Waals surface area contributed by atoms with Gasteiger partial charge in [-0.25, -0.2) is 0 Å². The minimum absolute atomic E-state index is 0.528. The first-order chi connectivity index (χ1) is 6.26. The predicted molar refractivity (Wildman–Crippen MR) is 49.8 cm³/mol. The van der Waals surface area contributed by atoms with Crippen LogP contribution in [0, 0.1) is 24.2 Å². The molecule has 0 aliphatic rings. The fourth-order valence-corrected chi connectivity index (χ4v) is 0.892. The van der Waals surface area contributed by atoms with Crippen molar-refractivity contribution in [3.63, 3.8) is 0 Å². The Morgan fingerprint density at radius 2 is 2.31 bits per heavy atom. The van der Waals surface area contributed by atoms with Crippen molar-refractivity contribution in [3.05, 3.63) is 6.92 Å². The van der Waals surface area contributed by atoms with Crippen LogP contribution in [0.4, 0.5) is 0 Å². The lowest BCUT2D eigenvalue weighted by molar-refractivity contribution is -0.112. The highest BCUT2D eigenvalue weighted by Gasteiger charge is 2.15. The van der Waals surface area contributed by atoms with Gasteiger partial charge in [0.15, 0.2) is 0 Å². The normalized spacial score (nSPS) is 14.5. The molecule has 3 nitrogen and oxygen atoms in total. The van der Waals surface area contributed by atoms with Crippen molar-refractivity contribution in [1.29, 1.82) is 5.26 Å². The van der Waals surface area contributed by atoms with Crippen LogP contribution in [0.5, 0.6) is 0 Å². The number of nitrogens with zero attached hydrogens (tertiary/aromatic N) is 1. The zero-order valence-electron chi connectivity index (χ0n) is 8.03. The molecule has 0 rings (SSSR count). The Morgan fingerprint density at radius 3 is 2.77 bits per heavy atom. The molecule has 1 radical (unpaired) electrons. The Bertz CT molecular complexity index is 174. The van der Waals surface area contributed by atoms with E-state index in [-0.39, 0.29) is 0 Å². The SMILES string of the molecule is [CH2]C(OCCCCC)C(C#N)C=O. The first-order valence-electron chi connectivity index (χ1n) is 4.55. The highest BCUT2D eigenvalue weighted by Crippen LogP contribution is 2.05. The minimum Gasteiger partial charge on any atom is -0.376 e. The highest BCUT2D eigenvalue weighted by atomic mass is 16.5. The van der Waals surface area contributed by atoms with Crippen molar-refractivity contribution in [3.8, 4) is 6.07 Å². The third-order valence-corrected chi connectivity index (χ3v) is 1.78. The molecule has 2 atom stereocenters. The minimum atomic E-state index is -0.735. The fraction of sp³-hybridized carbons (Fsp3) is 0.700. The molecular weight excluding hydrogens is 166 g/mol. The quantitative estimate of drug-likeness (QED) is 0.445. The van der Waals surface area contributed by atoms with Gasteiger partial charge in [0.1, 0.15) is 12.2 Å². The van der Waals surface area contributed by atoms with Gasteiger partial charge in [-0.05, 0) is 13.3 Å². The van der Waals surface area contributed by atoms with Crippen LogP contribution in [0.2, 0.25) is 0 Å². The third-order valence-electron chi connectivity index (χ3n) is 1.78. The molecule has 73 valence electrons. The van der Waals surface area contributed by atoms with Crippen LogP contribution in [0.1, 0.15) is 26.2 Å². The van der Waals surface area contributed by atoms with Crippen LogP contribution in [0.3, 0.4) is 0 Å². The van der Waals surface area contributed by atoms with Crippen molar-refractivity contribution in [1.82, 2.24) is 0 Å². The lowest BCUT2D eigenvalue weighted by atomic mass is 10.1. The first-order valence-corrected chi connectivity index (χ1v) is 4.55. The van der Waals surface area contributed by atoms with Gasteiger partial charge in [-0.2, -0.15) is 5.26 Å². The number of carbonyl (C=O) groups excluding carboxylic acids is 1. The van der Waals surface area contributed by atoms with Crippen molar-refractivity contribution in [2.75, 3.05) is 6.61 Å². The summed E-state index contributed by atoms with van der Waals surface area (Å²) in [6.07, 6.45) is 3.24. The molecule has 0 bridgehead atoms. The molecule has 13 heavy (non-hydrogen) atoms. The van der Waals surface area contributed by atoms with E-state index in [4.69, 9.17) is 10.00 Å². The van der Waals surface area contributed by atoms with Gasteiger partial charge in [-0.1, -0.05) is 19.8 Å². The summed E-state index contributed by atoms with van der Waals surface area (Å²) >= 11 is 0. The summed E-state index contributed by atoms with van der Waals surface area (Å²) < 4.78 is 5.22. The molecule has 0 aromatic heterocycles. The number of rotatable bonds is 7. The molecule has 0 aromatic rings. The Labute approximate surface area is 79.7 Å². The molecule has 0 aromatic carbocycles. The molecule has 0 aliphatic heterocycles. The van der Waals surface area contributed by atoms with Crippen molar-refractivity contribution < 1.29 is 9.53 Å². The van der Waals surface area contributed by atoms with Crippen molar-refractivity contribution in [2.45, 2.75) is 32.3 Å². The summed E-state index contributed by atoms with van der Waals surface area (Å²) in [5, 5.41) is 8.50. The van der Waals surface area contributed by atoms with Gasteiger partial charge in [-0.3, -0.25) is 0 Å². The lowest BCUT2D eigenvalue weighted by Gasteiger charge is -2.13. The second-order valence-electron chi connectivity index (χ2n) is 2.91. The van der Waals surface area contributed by atoms with E-state index in [0.29, 0.717) is 12.9 Å². The van der Waals surface area contributed by atoms with Gasteiger partial charge >= 0.3 is 0 Å². The smallest absolute Gasteiger partial charge is 0.139 e. The van der Waals surface area contributed by atoms with Gasteiger partial charge in [0.05, 0.1) is 12.2 Å². The maximum absolute atomic E-state index is 10.3. The van der Waals surface area contributed by atoms with Gasteiger partial charge in [0, 0.05) is 6.61 Å². The van der Waals surface area contributed by atoms with E-state index in [9.17, 15) is 4.79 Å². The maximum Gasteiger partial charge on any atom is 0.139 e. The number of nitriles is 1. The zero-order valence-corrected chi connectivity index (χ0v) is 8.03. The molecule has 0 saturated heterocycles. The Kier molecular flexibility index (Phi) is 7.23. The second-order valence-corrected chi connectivity index (χ2v) is 2.91. The van der Waals surface area contributed by atoms with E-state index >= 15 is 0 Å². The highest BCUT2D eigenvalue weighted by molar-refractivity contribution is 5.58. The number of unbranched alkanes of at least 4 members (excludes halogenated alkanes) is 2. The molecule has 0 aliphatic carbocycles. The van der Waals surface area contributed by atoms with Gasteiger partial charge < -0.3 is 9.53 Å². The Morgan fingerprint density at radius 1 is 1.62 bits per heavy atom. The average Bonchev–Trinajstić information content (AvgIpc) is 2.14. The van der Waals surface area contributed by atoms with E-state index < -0.39 is 12.0 Å². The van der Waals surface area contributed by atoms with Gasteiger partial charge in [0.25, 0.3) is 0 Å². The van der Waals surface area contributed by atoms with E-state index in [2.05, 4.69) is 13.8 Å². The van der Waals surface area contributed by atoms with Crippen LogP contribution in [-0.2, 0) is 9.53 Å². The molecular formula is C10H16NO2. The molecule has 0 N–H and O–H groups in total. The third kappa shape index (κ3) is 5.37. The topological polar surface area (TPSA) is 50.1 Å². The fourth-order valence-electron chi connectivity index (χ4n) is 0.892. The number of hydrogen-bond donors (Lipinski definition) is 0. The van der Waals surface area contributed by atoms with Crippen LogP contribution in [0.25, 0.3) is 0 Å². The van der Waals surface area contributed by atoms with Crippen LogP contribution < -0.4 is 0 Å². The summed E-state index contributed by atoms with van der Waals surface area (Å²) in [4.78, 5) is 10.3. The Balaban J connectivity index is 3.55. The lowest BCUT2D eigenvalue weighted by Crippen LogP contribution is -2.21. The number of ether oxygens (including phenoxy) is 1. The number of hydrogen-bond acceptors (Lipinski definition) is 3. The number of carbonyl (C=O) groups is 1. The summed E-state index contributed by atoms with van der Waals surface area (Å²) in [6.45, 7) is 6.28. The predicted octanol–water partition coefficient (Wildman–Crippen LogP) is 1.73. The molecule has 2 unspecified atom stereocenters. The molecule has 3 heteroatoms. The summed E-state index contributed by atoms with van der Waals surface area (Å²) in [7, 11) is 0. The summed E-state index contributed by atoms with van der Waals surface area (Å²) in [6, 6.07) is 1.84. The van der Waals surface area contributed by atoms with Crippen LogP contribution in [-0.4, -0.2) is 19.0 Å². The molecule has 0 amide bonds. The van der Waals surface area contributed by atoms with E-state index in [1.807, 2.05) is 6.07 Å². The second kappa shape index (κ2) is 7.75. The molecule has 0 spiro atoms.